The van der Waals surface area contributed by atoms with Crippen molar-refractivity contribution in [2.24, 2.45) is 16.6 Å². The standard InChI is InChI=1S/C30H41N9/c1-19(2)25-16-34-35-17-26(23-13-21-9-6-8-12-27(21)32-15-23)29(31)37-28(25)22-10-5-7-11-24(14-22)39(4)20(3)30-33-18-36-38-30/h13,15-16,18,22,24,34-35H,1,3,5-12,14,17,31H2,2,4H3,(H,33,36,38)/b25-16-,29-26-,37-28-. The maximum Gasteiger partial charge on any atom is 0.171 e. The summed E-state index contributed by atoms with van der Waals surface area (Å²) >= 11 is 0. The predicted octanol–water partition coefficient (Wildman–Crippen LogP) is 4.27. The van der Waals surface area contributed by atoms with E-state index in [1.165, 1.54) is 30.4 Å². The predicted molar refractivity (Wildman–Crippen MR) is 157 cm³/mol. The summed E-state index contributed by atoms with van der Waals surface area (Å²) in [5.41, 5.74) is 21.8. The van der Waals surface area contributed by atoms with E-state index in [2.05, 4.69) is 57.2 Å². The van der Waals surface area contributed by atoms with Gasteiger partial charge in [0.2, 0.25) is 0 Å². The maximum absolute atomic E-state index is 6.83. The molecule has 0 radical (unpaired) electrons. The second-order valence-corrected chi connectivity index (χ2v) is 11.0. The Kier molecular flexibility index (Phi) is 8.26. The molecule has 206 valence electrons. The van der Waals surface area contributed by atoms with Crippen LogP contribution in [0.2, 0.25) is 0 Å². The first-order chi connectivity index (χ1) is 18.9. The Labute approximate surface area is 231 Å². The number of aromatic amines is 1. The van der Waals surface area contributed by atoms with Crippen LogP contribution in [0.25, 0.3) is 11.3 Å². The summed E-state index contributed by atoms with van der Waals surface area (Å²) in [5, 5.41) is 6.95. The Morgan fingerprint density at radius 1 is 1.10 bits per heavy atom. The molecule has 1 aliphatic heterocycles. The molecule has 0 spiro atoms. The van der Waals surface area contributed by atoms with Crippen molar-refractivity contribution >= 4 is 17.0 Å². The molecule has 2 aliphatic carbocycles. The molecule has 5 rings (SSSR count). The lowest BCUT2D eigenvalue weighted by atomic mass is 9.86. The summed E-state index contributed by atoms with van der Waals surface area (Å²) in [5.74, 6) is 1.45. The fraction of sp³-hybridized carbons (Fsp3) is 0.467. The zero-order valence-electron chi connectivity index (χ0n) is 23.3. The van der Waals surface area contributed by atoms with Crippen LogP contribution >= 0.6 is 0 Å². The van der Waals surface area contributed by atoms with E-state index in [9.17, 15) is 0 Å². The lowest BCUT2D eigenvalue weighted by Gasteiger charge is -2.32. The molecule has 1 saturated carbocycles. The monoisotopic (exact) mass is 527 g/mol. The van der Waals surface area contributed by atoms with E-state index in [4.69, 9.17) is 15.7 Å². The van der Waals surface area contributed by atoms with Crippen molar-refractivity contribution in [3.05, 3.63) is 77.6 Å². The first kappa shape index (κ1) is 26.9. The number of nitrogens with one attached hydrogen (secondary N) is 3. The minimum absolute atomic E-state index is 0.215. The number of hydrogen-bond acceptors (Lipinski definition) is 8. The highest BCUT2D eigenvalue weighted by atomic mass is 15.3. The molecule has 9 heteroatoms. The summed E-state index contributed by atoms with van der Waals surface area (Å²) < 4.78 is 0. The van der Waals surface area contributed by atoms with Crippen LogP contribution in [0.5, 0.6) is 0 Å². The van der Waals surface area contributed by atoms with Crippen molar-refractivity contribution in [2.45, 2.75) is 70.8 Å². The SMILES string of the molecule is C=C(C)C1=C/NNC/C(c2cnc3c(c2)CCCC3)=C(N)/N=C\1C1CCCCC(N(C)C(=C)c2ncn[nH]2)C1. The number of H-pyrrole nitrogens is 1. The summed E-state index contributed by atoms with van der Waals surface area (Å²) in [6.07, 6.45) is 15.3. The summed E-state index contributed by atoms with van der Waals surface area (Å²) in [6, 6.07) is 2.55. The quantitative estimate of drug-likeness (QED) is 0.414. The zero-order chi connectivity index (χ0) is 27.4. The molecule has 39 heavy (non-hydrogen) atoms. The van der Waals surface area contributed by atoms with Crippen LogP contribution in [-0.2, 0) is 12.8 Å². The fourth-order valence-corrected chi connectivity index (χ4v) is 6.01. The number of aryl methyl sites for hydroxylation is 2. The van der Waals surface area contributed by atoms with Gasteiger partial charge in [0.1, 0.15) is 12.1 Å². The van der Waals surface area contributed by atoms with Crippen molar-refractivity contribution < 1.29 is 0 Å². The average molecular weight is 528 g/mol. The van der Waals surface area contributed by atoms with Crippen LogP contribution in [0.3, 0.4) is 0 Å². The third kappa shape index (κ3) is 5.98. The average Bonchev–Trinajstić information content (AvgIpc) is 3.40. The van der Waals surface area contributed by atoms with E-state index in [0.29, 0.717) is 18.2 Å². The Morgan fingerprint density at radius 3 is 2.72 bits per heavy atom. The molecular formula is C30H41N9. The normalized spacial score (nSPS) is 26.7. The van der Waals surface area contributed by atoms with Crippen molar-refractivity contribution in [3.8, 4) is 0 Å². The molecule has 3 heterocycles. The third-order valence-electron chi connectivity index (χ3n) is 8.33. The smallest absolute Gasteiger partial charge is 0.171 e. The van der Waals surface area contributed by atoms with E-state index >= 15 is 0 Å². The summed E-state index contributed by atoms with van der Waals surface area (Å²) in [7, 11) is 2.10. The largest absolute Gasteiger partial charge is 0.383 e. The molecule has 2 aromatic rings. The first-order valence-electron chi connectivity index (χ1n) is 14.1. The number of aliphatic imine (C=N–C) groups is 1. The number of nitrogens with two attached hydrogens (primary N) is 1. The third-order valence-corrected chi connectivity index (χ3v) is 8.33. The van der Waals surface area contributed by atoms with E-state index < -0.39 is 0 Å². The molecule has 2 unspecified atom stereocenters. The number of fused-ring (bicyclic) bond motifs is 1. The minimum atomic E-state index is 0.215. The molecular weight excluding hydrogens is 486 g/mol. The van der Waals surface area contributed by atoms with Crippen LogP contribution < -0.4 is 16.6 Å². The van der Waals surface area contributed by atoms with E-state index in [0.717, 1.165) is 78.6 Å². The molecule has 0 amide bonds. The molecule has 0 aromatic carbocycles. The van der Waals surface area contributed by atoms with Crippen LogP contribution in [0.15, 0.2) is 59.9 Å². The van der Waals surface area contributed by atoms with Gasteiger partial charge in [-0.3, -0.25) is 10.1 Å². The second-order valence-electron chi connectivity index (χ2n) is 11.0. The number of allylic oxidation sites excluding steroid dienone is 2. The molecule has 2 aromatic heterocycles. The van der Waals surface area contributed by atoms with E-state index in [1.807, 2.05) is 19.3 Å². The van der Waals surface area contributed by atoms with Crippen LogP contribution in [0.1, 0.15) is 74.5 Å². The first-order valence-corrected chi connectivity index (χ1v) is 14.1. The Hall–Kier alpha value is -3.72. The van der Waals surface area contributed by atoms with Gasteiger partial charge in [0.05, 0.1) is 11.4 Å². The van der Waals surface area contributed by atoms with Gasteiger partial charge in [0.15, 0.2) is 5.82 Å². The van der Waals surface area contributed by atoms with Crippen LogP contribution in [0, 0.1) is 5.92 Å². The number of hydrogen-bond donors (Lipinski definition) is 4. The number of rotatable bonds is 6. The van der Waals surface area contributed by atoms with Crippen molar-refractivity contribution in [3.63, 3.8) is 0 Å². The van der Waals surface area contributed by atoms with E-state index in [-0.39, 0.29) is 12.0 Å². The highest BCUT2D eigenvalue weighted by Gasteiger charge is 2.30. The van der Waals surface area contributed by atoms with Crippen LogP contribution in [-0.4, -0.2) is 50.4 Å². The van der Waals surface area contributed by atoms with Crippen molar-refractivity contribution in [1.82, 2.24) is 35.9 Å². The molecule has 9 nitrogen and oxygen atoms in total. The summed E-state index contributed by atoms with van der Waals surface area (Å²) in [4.78, 5) is 16.5. The second kappa shape index (κ2) is 12.0. The summed E-state index contributed by atoms with van der Waals surface area (Å²) in [6.45, 7) is 11.2. The Morgan fingerprint density at radius 2 is 1.92 bits per heavy atom. The number of hydrazine groups is 1. The Balaban J connectivity index is 1.50. The molecule has 0 saturated heterocycles. The minimum Gasteiger partial charge on any atom is -0.383 e. The van der Waals surface area contributed by atoms with Gasteiger partial charge in [-0.25, -0.2) is 15.4 Å². The topological polar surface area (TPSA) is 120 Å². The Bertz CT molecular complexity index is 1300. The highest BCUT2D eigenvalue weighted by molar-refractivity contribution is 6.06. The maximum atomic E-state index is 6.83. The van der Waals surface area contributed by atoms with Gasteiger partial charge in [-0.05, 0) is 69.1 Å². The molecule has 0 bridgehead atoms. The molecule has 3 aliphatic rings. The fourth-order valence-electron chi connectivity index (χ4n) is 6.01. The number of nitrogens with zero attached hydrogens (tertiary/aromatic N) is 5. The zero-order valence-corrected chi connectivity index (χ0v) is 23.3. The molecule has 2 atom stereocenters. The molecule has 1 fully saturated rings. The number of aromatic nitrogens is 4. The van der Waals surface area contributed by atoms with Gasteiger partial charge in [-0.15, -0.1) is 0 Å². The van der Waals surface area contributed by atoms with Gasteiger partial charge in [0, 0.05) is 60.4 Å². The van der Waals surface area contributed by atoms with Gasteiger partial charge in [0.25, 0.3) is 0 Å². The van der Waals surface area contributed by atoms with Crippen LogP contribution in [0.4, 0.5) is 0 Å². The van der Waals surface area contributed by atoms with E-state index in [1.54, 1.807) is 0 Å². The lowest BCUT2D eigenvalue weighted by molar-refractivity contribution is 0.302. The van der Waals surface area contributed by atoms with Gasteiger partial charge in [-0.1, -0.05) is 26.0 Å². The molecule has 5 N–H and O–H groups in total. The van der Waals surface area contributed by atoms with Crippen molar-refractivity contribution in [2.75, 3.05) is 13.6 Å². The van der Waals surface area contributed by atoms with Gasteiger partial charge >= 0.3 is 0 Å². The van der Waals surface area contributed by atoms with Gasteiger partial charge < -0.3 is 16.1 Å². The van der Waals surface area contributed by atoms with Crippen molar-refractivity contribution in [1.29, 1.82) is 0 Å². The van der Waals surface area contributed by atoms with Gasteiger partial charge in [-0.2, -0.15) is 5.10 Å². The lowest BCUT2D eigenvalue weighted by Crippen LogP contribution is -2.34. The number of pyridine rings is 1. The highest BCUT2D eigenvalue weighted by Crippen LogP contribution is 2.34.